The molecule has 2 aliphatic rings. The first kappa shape index (κ1) is 30.7. The summed E-state index contributed by atoms with van der Waals surface area (Å²) in [6.45, 7) is 4.03. The van der Waals surface area contributed by atoms with Crippen LogP contribution >= 0.6 is 0 Å². The Hall–Kier alpha value is -4.34. The molecule has 3 aromatic rings. The summed E-state index contributed by atoms with van der Waals surface area (Å²) in [7, 11) is 0. The highest BCUT2D eigenvalue weighted by atomic mass is 16.5. The van der Waals surface area contributed by atoms with Crippen LogP contribution in [-0.2, 0) is 32.3 Å². The van der Waals surface area contributed by atoms with E-state index < -0.39 is 30.0 Å². The van der Waals surface area contributed by atoms with E-state index in [2.05, 4.69) is 39.5 Å². The molecule has 3 atom stereocenters. The van der Waals surface area contributed by atoms with Gasteiger partial charge in [0.05, 0.1) is 21.2 Å². The summed E-state index contributed by atoms with van der Waals surface area (Å²) in [5.41, 5.74) is 4.09. The predicted molar refractivity (Wildman–Crippen MR) is 176 cm³/mol. The Balaban J connectivity index is 1.21. The Bertz CT molecular complexity index is 1520. The number of ether oxygens (including phenoxy) is 2. The standard InChI is InChI=1S/C36H42N4O5/c1-3-44-33(42)22-37-35(43)34-36(2,45-24-28-7-5-4-6-8-28)25-38-32(39-34)21-26-17-19-40(20-18-26)31-15-13-30(14-16-31)29-11-9-27(23-41)10-12-29/h4-16,25-26,34,41H,3,17-24H2,1-2H3,(H,37,43)/i22D. The summed E-state index contributed by atoms with van der Waals surface area (Å²) < 4.78 is 19.2. The normalized spacial score (nSPS) is 21.0. The second-order valence-electron chi connectivity index (χ2n) is 11.6. The van der Waals surface area contributed by atoms with E-state index in [1.165, 1.54) is 5.69 Å². The molecule has 3 unspecified atom stereocenters. The van der Waals surface area contributed by atoms with E-state index in [1.807, 2.05) is 54.6 Å². The molecular weight excluding hydrogens is 568 g/mol. The third-order valence-electron chi connectivity index (χ3n) is 8.34. The molecule has 5 rings (SSSR count). The van der Waals surface area contributed by atoms with Crippen LogP contribution in [0.5, 0.6) is 0 Å². The van der Waals surface area contributed by atoms with Gasteiger partial charge in [-0.25, -0.2) is 4.99 Å². The summed E-state index contributed by atoms with van der Waals surface area (Å²) in [6.07, 6.45) is 4.16. The molecule has 0 aliphatic carbocycles. The number of nitrogens with zero attached hydrogens (tertiary/aromatic N) is 3. The number of aliphatic hydroxyl groups is 1. The topological polar surface area (TPSA) is 113 Å². The van der Waals surface area contributed by atoms with Gasteiger partial charge in [-0.2, -0.15) is 0 Å². The number of rotatable bonds is 12. The van der Waals surface area contributed by atoms with Gasteiger partial charge in [0.25, 0.3) is 0 Å². The SMILES string of the molecule is [2H]C(NC(=O)C1N=C(CC2CCN(c3ccc(-c4ccc(CO)cc4)cc3)CC2)N=CC1(C)OCc1ccccc1)C(=O)OCC. The monoisotopic (exact) mass is 611 g/mol. The molecule has 0 saturated carbocycles. The number of amidine groups is 1. The van der Waals surface area contributed by atoms with E-state index in [9.17, 15) is 14.7 Å². The maximum Gasteiger partial charge on any atom is 0.325 e. The summed E-state index contributed by atoms with van der Waals surface area (Å²) >= 11 is 0. The van der Waals surface area contributed by atoms with Gasteiger partial charge in [0.15, 0.2) is 6.04 Å². The number of hydrogen-bond acceptors (Lipinski definition) is 8. The Morgan fingerprint density at radius 1 is 1.00 bits per heavy atom. The Morgan fingerprint density at radius 2 is 1.67 bits per heavy atom. The molecule has 3 aromatic carbocycles. The molecule has 2 heterocycles. The fraction of sp³-hybridized carbons (Fsp3) is 0.389. The highest BCUT2D eigenvalue weighted by molar-refractivity contribution is 6.01. The van der Waals surface area contributed by atoms with Crippen LogP contribution in [0.4, 0.5) is 5.69 Å². The predicted octanol–water partition coefficient (Wildman–Crippen LogP) is 4.96. The molecule has 1 fully saturated rings. The van der Waals surface area contributed by atoms with Gasteiger partial charge in [-0.3, -0.25) is 14.6 Å². The number of aliphatic imine (C=N–C) groups is 2. The van der Waals surface area contributed by atoms with E-state index in [0.717, 1.165) is 48.2 Å². The van der Waals surface area contributed by atoms with Gasteiger partial charge in [-0.05, 0) is 67.0 Å². The number of benzene rings is 3. The minimum Gasteiger partial charge on any atom is -0.465 e. The molecule has 1 saturated heterocycles. The highest BCUT2D eigenvalue weighted by Crippen LogP contribution is 2.30. The van der Waals surface area contributed by atoms with Gasteiger partial charge >= 0.3 is 5.97 Å². The molecule has 9 nitrogen and oxygen atoms in total. The first-order valence-corrected chi connectivity index (χ1v) is 15.5. The van der Waals surface area contributed by atoms with Crippen LogP contribution in [0.3, 0.4) is 0 Å². The number of carbonyl (C=O) groups is 2. The van der Waals surface area contributed by atoms with Crippen molar-refractivity contribution in [3.63, 3.8) is 0 Å². The van der Waals surface area contributed by atoms with Crippen molar-refractivity contribution in [1.29, 1.82) is 0 Å². The zero-order valence-corrected chi connectivity index (χ0v) is 25.9. The molecule has 0 aromatic heterocycles. The Morgan fingerprint density at radius 3 is 2.31 bits per heavy atom. The molecular formula is C36H42N4O5. The third kappa shape index (κ3) is 8.44. The van der Waals surface area contributed by atoms with Gasteiger partial charge in [0.2, 0.25) is 5.91 Å². The number of anilines is 1. The maximum atomic E-state index is 13.4. The van der Waals surface area contributed by atoms with E-state index in [-0.39, 0.29) is 19.8 Å². The van der Waals surface area contributed by atoms with Crippen molar-refractivity contribution in [3.8, 4) is 11.1 Å². The van der Waals surface area contributed by atoms with E-state index in [1.54, 1.807) is 20.1 Å². The van der Waals surface area contributed by atoms with Crippen LogP contribution in [0, 0.1) is 5.92 Å². The average Bonchev–Trinajstić information content (AvgIpc) is 3.09. The number of amides is 1. The smallest absolute Gasteiger partial charge is 0.325 e. The number of aliphatic hydroxyl groups excluding tert-OH is 1. The van der Waals surface area contributed by atoms with Crippen LogP contribution in [0.15, 0.2) is 88.8 Å². The van der Waals surface area contributed by atoms with Crippen LogP contribution in [-0.4, -0.2) is 66.9 Å². The molecule has 0 spiro atoms. The molecule has 9 heteroatoms. The largest absolute Gasteiger partial charge is 0.465 e. The van der Waals surface area contributed by atoms with Crippen LogP contribution in [0.25, 0.3) is 11.1 Å². The van der Waals surface area contributed by atoms with Crippen molar-refractivity contribution in [2.24, 2.45) is 15.9 Å². The lowest BCUT2D eigenvalue weighted by molar-refractivity contribution is -0.144. The van der Waals surface area contributed by atoms with E-state index >= 15 is 0 Å². The molecule has 45 heavy (non-hydrogen) atoms. The van der Waals surface area contributed by atoms with Crippen LogP contribution in [0.2, 0.25) is 0 Å². The molecule has 1 amide bonds. The lowest BCUT2D eigenvalue weighted by Gasteiger charge is -2.36. The number of nitrogens with one attached hydrogen (secondary N) is 1. The number of hydrogen-bond donors (Lipinski definition) is 2. The summed E-state index contributed by atoms with van der Waals surface area (Å²) in [5.74, 6) is -0.503. The van der Waals surface area contributed by atoms with Crippen molar-refractivity contribution >= 4 is 29.6 Å². The molecule has 2 aliphatic heterocycles. The van der Waals surface area contributed by atoms with Gasteiger partial charge < -0.3 is 24.8 Å². The first-order valence-electron chi connectivity index (χ1n) is 16.1. The fourth-order valence-corrected chi connectivity index (χ4v) is 5.65. The Kier molecular flexibility index (Phi) is 10.3. The zero-order valence-electron chi connectivity index (χ0n) is 26.9. The summed E-state index contributed by atoms with van der Waals surface area (Å²) in [6, 6.07) is 25.1. The second kappa shape index (κ2) is 15.1. The minimum absolute atomic E-state index is 0.0386. The zero-order chi connectivity index (χ0) is 32.5. The van der Waals surface area contributed by atoms with E-state index in [0.29, 0.717) is 18.2 Å². The van der Waals surface area contributed by atoms with Crippen molar-refractivity contribution in [2.75, 3.05) is 31.1 Å². The minimum atomic E-state index is -1.56. The maximum absolute atomic E-state index is 13.4. The lowest BCUT2D eigenvalue weighted by Crippen LogP contribution is -2.54. The highest BCUT2D eigenvalue weighted by Gasteiger charge is 2.42. The summed E-state index contributed by atoms with van der Waals surface area (Å²) in [5, 5.41) is 11.7. The number of piperidine rings is 1. The van der Waals surface area contributed by atoms with Gasteiger partial charge in [0, 0.05) is 31.4 Å². The van der Waals surface area contributed by atoms with Crippen LogP contribution in [0.1, 0.15) is 45.6 Å². The Labute approximate surface area is 266 Å². The fourth-order valence-electron chi connectivity index (χ4n) is 5.65. The van der Waals surface area contributed by atoms with Gasteiger partial charge in [0.1, 0.15) is 18.0 Å². The van der Waals surface area contributed by atoms with Crippen molar-refractivity contribution in [3.05, 3.63) is 90.0 Å². The molecule has 236 valence electrons. The second-order valence-corrected chi connectivity index (χ2v) is 11.6. The number of carbonyl (C=O) groups excluding carboxylic acids is 2. The van der Waals surface area contributed by atoms with Crippen molar-refractivity contribution in [1.82, 2.24) is 5.32 Å². The van der Waals surface area contributed by atoms with E-state index in [4.69, 9.17) is 15.8 Å². The summed E-state index contributed by atoms with van der Waals surface area (Å²) in [4.78, 5) is 37.3. The average molecular weight is 612 g/mol. The first-order chi connectivity index (χ1) is 22.3. The molecule has 0 radical (unpaired) electrons. The van der Waals surface area contributed by atoms with Gasteiger partial charge in [-0.15, -0.1) is 0 Å². The van der Waals surface area contributed by atoms with Crippen molar-refractivity contribution < 1.29 is 25.5 Å². The number of esters is 1. The lowest BCUT2D eigenvalue weighted by atomic mass is 9.91. The van der Waals surface area contributed by atoms with Gasteiger partial charge in [-0.1, -0.05) is 66.7 Å². The van der Waals surface area contributed by atoms with Crippen LogP contribution < -0.4 is 10.2 Å². The third-order valence-corrected chi connectivity index (χ3v) is 8.34. The molecule has 2 N–H and O–H groups in total. The molecule has 0 bridgehead atoms. The quantitative estimate of drug-likeness (QED) is 0.280. The van der Waals surface area contributed by atoms with Crippen molar-refractivity contribution in [2.45, 2.75) is 58.0 Å².